The van der Waals surface area contributed by atoms with Crippen LogP contribution in [-0.4, -0.2) is 11.0 Å². The first kappa shape index (κ1) is 838. The molecule has 0 aromatic carbocycles. The van der Waals surface area contributed by atoms with Crippen LogP contribution in [0.2, 0.25) is 0 Å². The molecular formula is H14Cu2N4O2. The second-order valence-electron chi connectivity index (χ2n) is 0. The maximum absolute atomic E-state index is 0. The first-order chi connectivity index (χ1) is 0. The van der Waals surface area contributed by atoms with Crippen molar-refractivity contribution in [3.63, 3.8) is 0 Å². The van der Waals surface area contributed by atoms with Crippen LogP contribution in [0.15, 0.2) is 0 Å². The van der Waals surface area contributed by atoms with Gasteiger partial charge in [-0.05, 0) is 0 Å². The maximum atomic E-state index is 0. The zero-order valence-electron chi connectivity index (χ0n) is 4.33. The van der Waals surface area contributed by atoms with Crippen molar-refractivity contribution in [2.75, 3.05) is 0 Å². The molecule has 0 saturated carbocycles. The van der Waals surface area contributed by atoms with Gasteiger partial charge in [0.25, 0.3) is 0 Å². The molecule has 0 bridgehead atoms. The smallest absolute Gasteiger partial charge is 0.870 e. The fraction of sp³-hybridized carbons (Fsp3) is 0. The van der Waals surface area contributed by atoms with Crippen LogP contribution in [0.3, 0.4) is 0 Å². The normalized spacial score (nSPS) is 0. The minimum Gasteiger partial charge on any atom is -0.870 e. The fourth-order valence-corrected chi connectivity index (χ4v) is 0. The van der Waals surface area contributed by atoms with Gasteiger partial charge in [0.05, 0.1) is 0 Å². The molecule has 0 amide bonds. The Balaban J connectivity index is 0. The molecule has 6 nitrogen and oxygen atoms in total. The van der Waals surface area contributed by atoms with Crippen LogP contribution in [0.5, 0.6) is 0 Å². The van der Waals surface area contributed by atoms with E-state index in [0.717, 1.165) is 0 Å². The minimum atomic E-state index is 0. The summed E-state index contributed by atoms with van der Waals surface area (Å²) in [6, 6.07) is 0. The summed E-state index contributed by atoms with van der Waals surface area (Å²) in [5.41, 5.74) is 0. The van der Waals surface area contributed by atoms with E-state index in [1.54, 1.807) is 0 Å². The van der Waals surface area contributed by atoms with Gasteiger partial charge in [0.15, 0.2) is 0 Å². The van der Waals surface area contributed by atoms with E-state index in [-0.39, 0.29) is 69.7 Å². The summed E-state index contributed by atoms with van der Waals surface area (Å²) in [5, 5.41) is 0. The van der Waals surface area contributed by atoms with E-state index in [1.807, 2.05) is 0 Å². The van der Waals surface area contributed by atoms with E-state index in [0.29, 0.717) is 0 Å². The summed E-state index contributed by atoms with van der Waals surface area (Å²) < 4.78 is 0. The first-order valence-electron chi connectivity index (χ1n) is 0. The van der Waals surface area contributed by atoms with E-state index in [1.165, 1.54) is 0 Å². The zero-order valence-corrected chi connectivity index (χ0v) is 6.21. The third-order valence-electron chi connectivity index (χ3n) is 0. The second kappa shape index (κ2) is 565. The van der Waals surface area contributed by atoms with Gasteiger partial charge in [-0.2, -0.15) is 0 Å². The molecule has 8 heteroatoms. The van der Waals surface area contributed by atoms with Gasteiger partial charge in [0, 0.05) is 17.1 Å². The van der Waals surface area contributed by atoms with Gasteiger partial charge < -0.3 is 35.6 Å². The molecule has 0 rings (SSSR count). The quantitative estimate of drug-likeness (QED) is 0.429. The summed E-state index contributed by atoms with van der Waals surface area (Å²) >= 11 is 0. The van der Waals surface area contributed by atoms with Crippen molar-refractivity contribution in [1.29, 1.82) is 0 Å². The predicted molar refractivity (Wildman–Crippen MR) is 24.0 cm³/mol. The monoisotopic (exact) mass is 228 g/mol. The van der Waals surface area contributed by atoms with E-state index in [2.05, 4.69) is 0 Å². The van der Waals surface area contributed by atoms with Gasteiger partial charge in [0.1, 0.15) is 0 Å². The van der Waals surface area contributed by atoms with Crippen molar-refractivity contribution < 1.29 is 45.1 Å². The molecule has 0 spiro atoms. The van der Waals surface area contributed by atoms with Crippen LogP contribution in [0, 0.1) is 0 Å². The molecule has 0 aliphatic rings. The van der Waals surface area contributed by atoms with Crippen molar-refractivity contribution in [2.24, 2.45) is 0 Å². The Morgan fingerprint density at radius 2 is 0.500 bits per heavy atom. The van der Waals surface area contributed by atoms with Gasteiger partial charge in [0.2, 0.25) is 0 Å². The van der Waals surface area contributed by atoms with E-state index >= 15 is 0 Å². The average molecular weight is 229 g/mol. The van der Waals surface area contributed by atoms with Crippen LogP contribution >= 0.6 is 0 Å². The van der Waals surface area contributed by atoms with Crippen molar-refractivity contribution in [3.05, 3.63) is 0 Å². The molecule has 8 heavy (non-hydrogen) atoms. The van der Waals surface area contributed by atoms with Gasteiger partial charge in [-0.1, -0.05) is 0 Å². The summed E-state index contributed by atoms with van der Waals surface area (Å²) in [6.45, 7) is 0. The number of rotatable bonds is 0. The molecule has 0 aromatic heterocycles. The Morgan fingerprint density at radius 3 is 0.500 bits per heavy atom. The molecule has 2 radical (unpaired) electrons. The Bertz CT molecular complexity index is 12.0. The van der Waals surface area contributed by atoms with Gasteiger partial charge >= 0.3 is 17.1 Å². The largest absolute Gasteiger partial charge is 2.00 e. The molecule has 0 aliphatic heterocycles. The molecule has 0 unspecified atom stereocenters. The van der Waals surface area contributed by atoms with Crippen LogP contribution in [-0.2, 0) is 34.1 Å². The third-order valence-corrected chi connectivity index (χ3v) is 0. The molecule has 68 valence electrons. The predicted octanol–water partition coefficient (Wildman–Crippen LogP) is 0.289. The van der Waals surface area contributed by atoms with Gasteiger partial charge in [-0.25, -0.2) is 0 Å². The standard InChI is InChI=1S/2Cu.4H3N.2H2O/h;;4*1H3;2*1H2/q;+2;;;;;;/p-2. The van der Waals surface area contributed by atoms with Crippen LogP contribution in [0.25, 0.3) is 0 Å². The zero-order chi connectivity index (χ0) is 0. The van der Waals surface area contributed by atoms with Gasteiger partial charge in [-0.3, -0.25) is 0 Å². The molecule has 0 heterocycles. The third kappa shape index (κ3) is 358. The van der Waals surface area contributed by atoms with Crippen molar-refractivity contribution >= 4 is 0 Å². The van der Waals surface area contributed by atoms with E-state index in [4.69, 9.17) is 0 Å². The summed E-state index contributed by atoms with van der Waals surface area (Å²) in [5.74, 6) is 0. The molecule has 0 fully saturated rings. The average Bonchev–Trinajstić information content (AvgIpc) is 0. The van der Waals surface area contributed by atoms with Crippen LogP contribution < -0.4 is 24.6 Å². The van der Waals surface area contributed by atoms with E-state index in [9.17, 15) is 0 Å². The maximum Gasteiger partial charge on any atom is 2.00 e. The Morgan fingerprint density at radius 1 is 0.500 bits per heavy atom. The molecule has 14 N–H and O–H groups in total. The second-order valence-corrected chi connectivity index (χ2v) is 0. The molecule has 0 aromatic rings. The Labute approximate surface area is 70.1 Å². The summed E-state index contributed by atoms with van der Waals surface area (Å²) in [7, 11) is 0. The van der Waals surface area contributed by atoms with E-state index < -0.39 is 0 Å². The first-order valence-corrected chi connectivity index (χ1v) is 0. The van der Waals surface area contributed by atoms with Gasteiger partial charge in [-0.15, -0.1) is 0 Å². The number of hydrogen-bond acceptors (Lipinski definition) is 6. The molecule has 0 aliphatic carbocycles. The molecule has 0 atom stereocenters. The van der Waals surface area contributed by atoms with Crippen molar-refractivity contribution in [1.82, 2.24) is 24.6 Å². The summed E-state index contributed by atoms with van der Waals surface area (Å²) in [4.78, 5) is 0. The topological polar surface area (TPSA) is 200 Å². The van der Waals surface area contributed by atoms with Crippen LogP contribution in [0.1, 0.15) is 0 Å². The minimum absolute atomic E-state index is 0. The number of hydrogen-bond donors (Lipinski definition) is 4. The summed E-state index contributed by atoms with van der Waals surface area (Å²) in [6.07, 6.45) is 0. The SMILES string of the molecule is N.N.N.N.[Cu+2].[Cu].[OH-].[OH-]. The van der Waals surface area contributed by atoms with Crippen molar-refractivity contribution in [3.8, 4) is 0 Å². The van der Waals surface area contributed by atoms with Crippen LogP contribution in [0.4, 0.5) is 0 Å². The molecular weight excluding hydrogens is 215 g/mol. The Hall–Kier alpha value is 0.799. The molecule has 0 saturated heterocycles. The Kier molecular flexibility index (Phi) is 59200. The fourth-order valence-electron chi connectivity index (χ4n) is 0. The van der Waals surface area contributed by atoms with Crippen molar-refractivity contribution in [2.45, 2.75) is 0 Å².